The van der Waals surface area contributed by atoms with Crippen LogP contribution in [0, 0.1) is 34.3 Å². The van der Waals surface area contributed by atoms with Crippen molar-refractivity contribution in [3.05, 3.63) is 94.9 Å². The smallest absolute Gasteiger partial charge is 0.407 e. The molecule has 2 aromatic carbocycles. The third-order valence-electron chi connectivity index (χ3n) is 14.9. The van der Waals surface area contributed by atoms with Gasteiger partial charge in [0.2, 0.25) is 11.9 Å². The van der Waals surface area contributed by atoms with Crippen molar-refractivity contribution in [1.29, 1.82) is 0 Å². The van der Waals surface area contributed by atoms with E-state index in [1.807, 2.05) is 10.7 Å². The Morgan fingerprint density at radius 3 is 1.81 bits per heavy atom. The normalized spacial score (nSPS) is 18.6. The number of anilines is 1. The van der Waals surface area contributed by atoms with Crippen molar-refractivity contribution < 1.29 is 91.3 Å². The van der Waals surface area contributed by atoms with Crippen molar-refractivity contribution in [2.45, 2.75) is 115 Å². The molecule has 5 heterocycles. The van der Waals surface area contributed by atoms with E-state index >= 15 is 8.78 Å². The molecule has 3 unspecified atom stereocenters. The number of ether oxygens (including phenoxy) is 3. The summed E-state index contributed by atoms with van der Waals surface area (Å²) >= 11 is 0. The van der Waals surface area contributed by atoms with Gasteiger partial charge in [-0.25, -0.2) is 38.0 Å². The van der Waals surface area contributed by atoms with Gasteiger partial charge in [0.25, 0.3) is 5.91 Å². The topological polar surface area (TPSA) is 244 Å². The highest BCUT2D eigenvalue weighted by molar-refractivity contribution is 7.32. The van der Waals surface area contributed by atoms with E-state index in [4.69, 9.17) is 9.26 Å². The predicted octanol–water partition coefficient (Wildman–Crippen LogP) is 6.42. The second-order valence-corrected chi connectivity index (χ2v) is 22.0. The maximum atomic E-state index is 16.2. The summed E-state index contributed by atoms with van der Waals surface area (Å²) in [6.07, 6.45) is -10.3. The van der Waals surface area contributed by atoms with Gasteiger partial charge >= 0.3 is 39.3 Å². The molecule has 3 aliphatic rings. The lowest BCUT2D eigenvalue weighted by atomic mass is 9.82. The number of aromatic nitrogens is 4. The number of nitrogens with zero attached hydrogens (tertiary/aromatic N) is 7. The third kappa shape index (κ3) is 15.2. The van der Waals surface area contributed by atoms with Crippen molar-refractivity contribution in [3.63, 3.8) is 0 Å². The molecule has 3 aliphatic heterocycles. The lowest BCUT2D eigenvalue weighted by Gasteiger charge is -2.47. The molecule has 5 N–H and O–H groups in total. The quantitative estimate of drug-likeness (QED) is 0.0262. The molecule has 4 aromatic rings. The summed E-state index contributed by atoms with van der Waals surface area (Å²) in [5, 5.41) is 9.88. The predicted molar refractivity (Wildman–Crippen MR) is 277 cm³/mol. The van der Waals surface area contributed by atoms with E-state index in [0.717, 1.165) is 65.6 Å². The fourth-order valence-corrected chi connectivity index (χ4v) is 10.3. The Kier molecular flexibility index (Phi) is 20.3. The summed E-state index contributed by atoms with van der Waals surface area (Å²) < 4.78 is 180. The molecule has 458 valence electrons. The summed E-state index contributed by atoms with van der Waals surface area (Å²) in [7, 11) is -2.77. The van der Waals surface area contributed by atoms with E-state index in [2.05, 4.69) is 51.5 Å². The molecule has 0 spiro atoms. The van der Waals surface area contributed by atoms with Crippen LogP contribution in [-0.4, -0.2) is 160 Å². The number of halogens is 10. The zero-order valence-corrected chi connectivity index (χ0v) is 46.8. The molecule has 0 aliphatic carbocycles. The first-order chi connectivity index (χ1) is 39.4. The van der Waals surface area contributed by atoms with Crippen molar-refractivity contribution >= 4 is 38.2 Å². The Bertz CT molecular complexity index is 3050. The molecule has 2 bridgehead atoms. The van der Waals surface area contributed by atoms with Gasteiger partial charge in [0.15, 0.2) is 0 Å². The number of hydrogen-bond donors (Lipinski definition) is 5. The monoisotopic (exact) mass is 1220 g/mol. The standard InChI is InChI=1S/C52H60F10N11O10P/c1-49(2,51(57,58)59)41(66-47(76)80-5)43(74)65-39(17-29-10-7-28(8-11-29)9-12-30-20-63-46(64-21-30)70-22-32-13-14-33(23-70)73(32)34-26-82-27-34)40(83-84(78)79)25-71(69-44(75)42(67-48(77)81-6)50(3,4)52(60,61)62)24-35-36(53)18-31(19-37(35)54)38-15-16-72(68-38)45(55)56/h7-8,10-11,15-16,18-21,32-34,39-42,45,84H,13-14,17,22-27H2,1-6H3,(H,65,74)(H,66,76)(H,67,77)(H,69,75)(H,78,79)/t32?,33?,39-,40-,41+,42+/m0/s1. The van der Waals surface area contributed by atoms with E-state index in [-0.39, 0.29) is 15.9 Å². The maximum Gasteiger partial charge on any atom is 0.407 e. The van der Waals surface area contributed by atoms with E-state index in [9.17, 15) is 63.8 Å². The van der Waals surface area contributed by atoms with Crippen molar-refractivity contribution in [3.8, 4) is 23.1 Å². The van der Waals surface area contributed by atoms with Gasteiger partial charge in [-0.2, -0.15) is 40.2 Å². The lowest BCUT2D eigenvalue weighted by Crippen LogP contribution is -2.63. The Hall–Kier alpha value is -7.10. The number of rotatable bonds is 21. The van der Waals surface area contributed by atoms with Gasteiger partial charge in [-0.05, 0) is 82.9 Å². The van der Waals surface area contributed by atoms with Crippen molar-refractivity contribution in [2.24, 2.45) is 10.8 Å². The number of piperazine rings is 1. The van der Waals surface area contributed by atoms with Gasteiger partial charge in [-0.15, -0.1) is 0 Å². The first-order valence-electron chi connectivity index (χ1n) is 25.8. The zero-order valence-electron chi connectivity index (χ0n) is 45.8. The largest absolute Gasteiger partial charge is 0.453 e. The summed E-state index contributed by atoms with van der Waals surface area (Å²) in [6, 6.07) is 2.10. The minimum absolute atomic E-state index is 0.175. The number of nitrogens with one attached hydrogen (secondary N) is 4. The molecule has 3 fully saturated rings. The maximum absolute atomic E-state index is 16.2. The van der Waals surface area contributed by atoms with Crippen LogP contribution in [0.4, 0.5) is 59.4 Å². The molecular formula is C52H60F10N11O10P. The molecular weight excluding hydrogens is 1160 g/mol. The fourth-order valence-electron chi connectivity index (χ4n) is 9.79. The second kappa shape index (κ2) is 26.4. The van der Waals surface area contributed by atoms with Crippen LogP contribution < -0.4 is 26.3 Å². The molecule has 84 heavy (non-hydrogen) atoms. The number of amides is 4. The molecule has 4 amide bonds. The van der Waals surface area contributed by atoms with Gasteiger partial charge in [0.05, 0.1) is 61.6 Å². The van der Waals surface area contributed by atoms with Crippen molar-refractivity contribution in [1.82, 2.24) is 51.0 Å². The first kappa shape index (κ1) is 64.5. The minimum Gasteiger partial charge on any atom is -0.453 e. The van der Waals surface area contributed by atoms with Crippen molar-refractivity contribution in [2.75, 3.05) is 52.0 Å². The number of methoxy groups -OCH3 is 2. The SMILES string of the molecule is COC(=O)N[C@H](C(=O)N[C@@H](Cc1ccc(C#Cc2cnc(N3CC4CCC(C3)N4C3COC3)nc2)cc1)[C@H](CN(Cc1c(F)cc(-c2ccn(C(F)F)n2)cc1F)NC(=O)[C@@H](NC(=O)OC)C(C)(C)C(F)(F)F)O[PH](=O)O)C(C)(C)C(F)(F)F. The van der Waals surface area contributed by atoms with Crippen LogP contribution in [0.1, 0.15) is 69.3 Å². The van der Waals surface area contributed by atoms with Crippen LogP contribution in [0.25, 0.3) is 11.3 Å². The summed E-state index contributed by atoms with van der Waals surface area (Å²) in [5.41, 5.74) is -5.04. The number of alkyl carbamates (subject to hydrolysis) is 2. The Labute approximate surface area is 475 Å². The highest BCUT2D eigenvalue weighted by atomic mass is 31.1. The highest BCUT2D eigenvalue weighted by Crippen LogP contribution is 2.42. The molecule has 2 aromatic heterocycles. The van der Waals surface area contributed by atoms with Gasteiger partial charge in [-0.1, -0.05) is 24.0 Å². The van der Waals surface area contributed by atoms with Gasteiger partial charge < -0.3 is 44.5 Å². The van der Waals surface area contributed by atoms with Crippen LogP contribution in [0.5, 0.6) is 0 Å². The minimum atomic E-state index is -5.29. The van der Waals surface area contributed by atoms with E-state index in [1.165, 1.54) is 24.3 Å². The summed E-state index contributed by atoms with van der Waals surface area (Å²) in [4.78, 5) is 77.6. The number of hydrazine groups is 1. The lowest BCUT2D eigenvalue weighted by molar-refractivity contribution is -0.221. The molecule has 7 atom stereocenters. The molecule has 32 heteroatoms. The van der Waals surface area contributed by atoms with Crippen LogP contribution in [0.15, 0.2) is 61.1 Å². The first-order valence-corrected chi connectivity index (χ1v) is 27.1. The number of benzene rings is 2. The summed E-state index contributed by atoms with van der Waals surface area (Å²) in [6.45, 7) is -0.550. The second-order valence-electron chi connectivity index (χ2n) is 21.2. The number of hydrogen-bond acceptors (Lipinski definition) is 15. The number of carbonyl (C=O) groups is 4. The number of fused-ring (bicyclic) bond motifs is 2. The van der Waals surface area contributed by atoms with Crippen LogP contribution >= 0.6 is 8.25 Å². The van der Waals surface area contributed by atoms with E-state index in [0.29, 0.717) is 80.0 Å². The third-order valence-corrected chi connectivity index (χ3v) is 15.4. The van der Waals surface area contributed by atoms with Gasteiger partial charge in [0, 0.05) is 73.5 Å². The average Bonchev–Trinajstić information content (AvgIpc) is 2.35. The molecule has 7 rings (SSSR count). The Morgan fingerprint density at radius 2 is 1.33 bits per heavy atom. The number of alkyl halides is 8. The number of carbonyl (C=O) groups excluding carboxylic acids is 4. The molecule has 3 saturated heterocycles. The average molecular weight is 1220 g/mol. The molecule has 21 nitrogen and oxygen atoms in total. The Morgan fingerprint density at radius 1 is 0.798 bits per heavy atom. The zero-order chi connectivity index (χ0) is 61.6. The van der Waals surface area contributed by atoms with E-state index < -0.39 is 128 Å². The van der Waals surface area contributed by atoms with Gasteiger partial charge in [0.1, 0.15) is 29.8 Å². The molecule has 0 radical (unpaired) electrons. The highest BCUT2D eigenvalue weighted by Gasteiger charge is 2.57. The van der Waals surface area contributed by atoms with Crippen LogP contribution in [0.3, 0.4) is 0 Å². The van der Waals surface area contributed by atoms with E-state index in [1.54, 1.807) is 17.7 Å². The molecule has 0 saturated carbocycles. The summed E-state index contributed by atoms with van der Waals surface area (Å²) in [5.74, 6) is 0.101. The van der Waals surface area contributed by atoms with Crippen LogP contribution in [0.2, 0.25) is 0 Å². The van der Waals surface area contributed by atoms with Gasteiger partial charge in [-0.3, -0.25) is 24.5 Å². The fraction of sp³-hybridized carbons (Fsp3) is 0.519. The van der Waals surface area contributed by atoms with Crippen LogP contribution in [-0.2, 0) is 45.9 Å². The Balaban J connectivity index is 1.23.